The first-order chi connectivity index (χ1) is 7.11. The monoisotopic (exact) mass is 225 g/mol. The lowest BCUT2D eigenvalue weighted by atomic mass is 10.3. The second-order valence-electron chi connectivity index (χ2n) is 3.27. The first-order valence-electron chi connectivity index (χ1n) is 4.63. The quantitative estimate of drug-likeness (QED) is 0.236. The minimum absolute atomic E-state index is 0.148. The highest BCUT2D eigenvalue weighted by molar-refractivity contribution is 8.00. The van der Waals surface area contributed by atoms with Gasteiger partial charge in [0.05, 0.1) is 0 Å². The summed E-state index contributed by atoms with van der Waals surface area (Å²) in [7, 11) is 0. The van der Waals surface area contributed by atoms with Crippen LogP contribution in [0.25, 0.3) is 0 Å². The lowest BCUT2D eigenvalue weighted by molar-refractivity contribution is -0.121. The highest BCUT2D eigenvalue weighted by Crippen LogP contribution is 2.25. The normalized spacial score (nSPS) is 12.1. The lowest BCUT2D eigenvalue weighted by Crippen LogP contribution is -2.31. The van der Waals surface area contributed by atoms with Crippen LogP contribution in [0.4, 0.5) is 5.69 Å². The van der Waals surface area contributed by atoms with E-state index in [-0.39, 0.29) is 11.2 Å². The number of nitrogen functional groups attached to an aromatic ring is 1. The molecule has 15 heavy (non-hydrogen) atoms. The van der Waals surface area contributed by atoms with Gasteiger partial charge in [-0.3, -0.25) is 10.2 Å². The lowest BCUT2D eigenvalue weighted by Gasteiger charge is -2.09. The van der Waals surface area contributed by atoms with E-state index in [0.717, 1.165) is 10.6 Å². The molecule has 1 unspecified atom stereocenters. The minimum Gasteiger partial charge on any atom is -0.399 e. The number of anilines is 1. The molecule has 0 aliphatic carbocycles. The summed E-state index contributed by atoms with van der Waals surface area (Å²) < 4.78 is 0. The van der Waals surface area contributed by atoms with E-state index < -0.39 is 0 Å². The second-order valence-corrected chi connectivity index (χ2v) is 4.78. The number of hydrogen-bond acceptors (Lipinski definition) is 4. The van der Waals surface area contributed by atoms with Crippen LogP contribution in [0, 0.1) is 0 Å². The molecule has 0 aromatic heterocycles. The molecule has 1 rings (SSSR count). The Morgan fingerprint density at radius 2 is 2.07 bits per heavy atom. The second kappa shape index (κ2) is 5.63. The largest absolute Gasteiger partial charge is 0.399 e. The number of rotatable bonds is 4. The van der Waals surface area contributed by atoms with E-state index in [0.29, 0.717) is 6.42 Å². The Hall–Kier alpha value is -1.20. The fourth-order valence-corrected chi connectivity index (χ4v) is 2.13. The average molecular weight is 225 g/mol. The molecule has 0 spiro atoms. The molecule has 1 aromatic rings. The van der Waals surface area contributed by atoms with Crippen molar-refractivity contribution in [3.63, 3.8) is 0 Å². The molecule has 5 heteroatoms. The number of nitrogens with one attached hydrogen (secondary N) is 1. The fourth-order valence-electron chi connectivity index (χ4n) is 1.14. The third kappa shape index (κ3) is 4.22. The zero-order valence-electron chi connectivity index (χ0n) is 8.57. The van der Waals surface area contributed by atoms with Gasteiger partial charge in [0.1, 0.15) is 0 Å². The molecular formula is C10H15N3OS. The van der Waals surface area contributed by atoms with Crippen molar-refractivity contribution < 1.29 is 4.79 Å². The average Bonchev–Trinajstić information content (AvgIpc) is 2.21. The molecule has 0 bridgehead atoms. The molecule has 0 aliphatic heterocycles. The molecule has 5 N–H and O–H groups in total. The van der Waals surface area contributed by atoms with Gasteiger partial charge < -0.3 is 5.73 Å². The number of thioether (sulfide) groups is 1. The number of hydrazine groups is 1. The zero-order chi connectivity index (χ0) is 11.3. The van der Waals surface area contributed by atoms with Crippen LogP contribution in [0.15, 0.2) is 29.2 Å². The molecule has 0 heterocycles. The van der Waals surface area contributed by atoms with Crippen molar-refractivity contribution in [3.8, 4) is 0 Å². The van der Waals surface area contributed by atoms with Gasteiger partial charge in [0, 0.05) is 22.3 Å². The third-order valence-electron chi connectivity index (χ3n) is 1.85. The molecule has 0 radical (unpaired) electrons. The van der Waals surface area contributed by atoms with Crippen molar-refractivity contribution in [1.82, 2.24) is 5.43 Å². The standard InChI is InChI=1S/C10H15N3OS/c1-7(6-10(14)13-12)15-9-4-2-8(11)3-5-9/h2-5,7H,6,11-12H2,1H3,(H,13,14). The summed E-state index contributed by atoms with van der Waals surface area (Å²) in [6.07, 6.45) is 0.408. The number of carbonyl (C=O) groups excluding carboxylic acids is 1. The molecule has 0 aliphatic rings. The number of nitrogens with two attached hydrogens (primary N) is 2. The summed E-state index contributed by atoms with van der Waals surface area (Å²) in [6.45, 7) is 1.98. The first kappa shape index (κ1) is 11.9. The molecular weight excluding hydrogens is 210 g/mol. The molecule has 82 valence electrons. The van der Waals surface area contributed by atoms with Gasteiger partial charge in [-0.1, -0.05) is 6.92 Å². The third-order valence-corrected chi connectivity index (χ3v) is 2.96. The van der Waals surface area contributed by atoms with Gasteiger partial charge in [-0.15, -0.1) is 11.8 Å². The molecule has 0 saturated carbocycles. The Morgan fingerprint density at radius 3 is 2.60 bits per heavy atom. The van der Waals surface area contributed by atoms with Crippen molar-refractivity contribution in [1.29, 1.82) is 0 Å². The van der Waals surface area contributed by atoms with E-state index in [2.05, 4.69) is 5.43 Å². The number of amides is 1. The summed E-state index contributed by atoms with van der Waals surface area (Å²) in [5.74, 6) is 4.86. The first-order valence-corrected chi connectivity index (χ1v) is 5.51. The molecule has 0 saturated heterocycles. The maximum atomic E-state index is 11.0. The van der Waals surface area contributed by atoms with Gasteiger partial charge in [0.2, 0.25) is 5.91 Å². The van der Waals surface area contributed by atoms with Gasteiger partial charge in [0.25, 0.3) is 0 Å². The molecule has 4 nitrogen and oxygen atoms in total. The van der Waals surface area contributed by atoms with Crippen LogP contribution >= 0.6 is 11.8 Å². The van der Waals surface area contributed by atoms with Gasteiger partial charge in [-0.2, -0.15) is 0 Å². The van der Waals surface area contributed by atoms with Crippen molar-refractivity contribution in [2.75, 3.05) is 5.73 Å². The van der Waals surface area contributed by atoms with Crippen LogP contribution in [0.5, 0.6) is 0 Å². The highest BCUT2D eigenvalue weighted by Gasteiger charge is 2.08. The Kier molecular flexibility index (Phi) is 4.45. The molecule has 1 amide bonds. The van der Waals surface area contributed by atoms with E-state index in [1.165, 1.54) is 0 Å². The minimum atomic E-state index is -0.148. The maximum Gasteiger partial charge on any atom is 0.234 e. The topological polar surface area (TPSA) is 81.1 Å². The summed E-state index contributed by atoms with van der Waals surface area (Å²) in [5, 5.41) is 0.192. The number of hydrogen-bond donors (Lipinski definition) is 3. The molecule has 0 fully saturated rings. The van der Waals surface area contributed by atoms with Crippen molar-refractivity contribution in [3.05, 3.63) is 24.3 Å². The van der Waals surface area contributed by atoms with Crippen LogP contribution in [0.3, 0.4) is 0 Å². The molecule has 1 atom stereocenters. The summed E-state index contributed by atoms with van der Waals surface area (Å²) >= 11 is 1.62. The summed E-state index contributed by atoms with van der Waals surface area (Å²) in [6, 6.07) is 7.57. The van der Waals surface area contributed by atoms with Gasteiger partial charge in [0.15, 0.2) is 0 Å². The Bertz CT molecular complexity index is 326. The van der Waals surface area contributed by atoms with E-state index in [1.807, 2.05) is 31.2 Å². The number of carbonyl (C=O) groups is 1. The Labute approximate surface area is 93.4 Å². The van der Waals surface area contributed by atoms with Crippen LogP contribution in [-0.2, 0) is 4.79 Å². The van der Waals surface area contributed by atoms with E-state index in [9.17, 15) is 4.79 Å². The van der Waals surface area contributed by atoms with E-state index >= 15 is 0 Å². The van der Waals surface area contributed by atoms with Gasteiger partial charge >= 0.3 is 0 Å². The van der Waals surface area contributed by atoms with E-state index in [4.69, 9.17) is 11.6 Å². The maximum absolute atomic E-state index is 11.0. The van der Waals surface area contributed by atoms with Crippen molar-refractivity contribution in [2.45, 2.75) is 23.5 Å². The van der Waals surface area contributed by atoms with Gasteiger partial charge in [-0.25, -0.2) is 5.84 Å². The summed E-state index contributed by atoms with van der Waals surface area (Å²) in [4.78, 5) is 12.1. The highest BCUT2D eigenvalue weighted by atomic mass is 32.2. The zero-order valence-corrected chi connectivity index (χ0v) is 9.38. The van der Waals surface area contributed by atoms with E-state index in [1.54, 1.807) is 11.8 Å². The van der Waals surface area contributed by atoms with Gasteiger partial charge in [-0.05, 0) is 24.3 Å². The Balaban J connectivity index is 2.47. The molecule has 1 aromatic carbocycles. The van der Waals surface area contributed by atoms with Crippen LogP contribution in [0.2, 0.25) is 0 Å². The SMILES string of the molecule is CC(CC(=O)NN)Sc1ccc(N)cc1. The van der Waals surface area contributed by atoms with Crippen molar-refractivity contribution >= 4 is 23.4 Å². The Morgan fingerprint density at radius 1 is 1.47 bits per heavy atom. The smallest absolute Gasteiger partial charge is 0.234 e. The van der Waals surface area contributed by atoms with Crippen LogP contribution < -0.4 is 17.0 Å². The summed E-state index contributed by atoms with van der Waals surface area (Å²) in [5.41, 5.74) is 8.43. The van der Waals surface area contributed by atoms with Crippen LogP contribution in [0.1, 0.15) is 13.3 Å². The van der Waals surface area contributed by atoms with Crippen molar-refractivity contribution in [2.24, 2.45) is 5.84 Å². The number of benzene rings is 1. The predicted molar refractivity (Wildman–Crippen MR) is 63.1 cm³/mol. The fraction of sp³-hybridized carbons (Fsp3) is 0.300. The van der Waals surface area contributed by atoms with Crippen LogP contribution in [-0.4, -0.2) is 11.2 Å². The predicted octanol–water partition coefficient (Wildman–Crippen LogP) is 1.13.